The Morgan fingerprint density at radius 3 is 2.50 bits per heavy atom. The van der Waals surface area contributed by atoms with Gasteiger partial charge in [-0.25, -0.2) is 0 Å². The van der Waals surface area contributed by atoms with Gasteiger partial charge in [0.15, 0.2) is 0 Å². The minimum absolute atomic E-state index is 0.201. The first-order chi connectivity index (χ1) is 5.75. The maximum Gasteiger partial charge on any atom is 0.455 e. The zero-order valence-electron chi connectivity index (χ0n) is 7.87. The molecule has 1 aliphatic rings. The highest BCUT2D eigenvalue weighted by atomic mass is 16.4. The lowest BCUT2D eigenvalue weighted by atomic mass is 9.81. The van der Waals surface area contributed by atoms with Crippen LogP contribution in [0.15, 0.2) is 0 Å². The maximum atomic E-state index is 8.82. The summed E-state index contributed by atoms with van der Waals surface area (Å²) in [7, 11) is -1.05. The van der Waals surface area contributed by atoms with Gasteiger partial charge in [0.1, 0.15) is 0 Å². The third-order valence-corrected chi connectivity index (χ3v) is 2.79. The van der Waals surface area contributed by atoms with Crippen molar-refractivity contribution in [3.63, 3.8) is 0 Å². The van der Waals surface area contributed by atoms with E-state index in [-0.39, 0.29) is 5.82 Å². The Labute approximate surface area is 75.1 Å². The lowest BCUT2D eigenvalue weighted by Gasteiger charge is -1.98. The van der Waals surface area contributed by atoms with Gasteiger partial charge in [0.05, 0.1) is 0 Å². The Morgan fingerprint density at radius 2 is 2.00 bits per heavy atom. The van der Waals surface area contributed by atoms with E-state index >= 15 is 0 Å². The summed E-state index contributed by atoms with van der Waals surface area (Å²) in [6.07, 6.45) is 7.39. The van der Waals surface area contributed by atoms with E-state index in [1.54, 1.807) is 0 Å². The molecule has 1 rings (SSSR count). The van der Waals surface area contributed by atoms with Crippen LogP contribution in [0, 0.1) is 5.92 Å². The van der Waals surface area contributed by atoms with Gasteiger partial charge >= 0.3 is 7.12 Å². The van der Waals surface area contributed by atoms with E-state index in [0.29, 0.717) is 5.92 Å². The Hall–Kier alpha value is -0.0151. The summed E-state index contributed by atoms with van der Waals surface area (Å²) >= 11 is 0. The summed E-state index contributed by atoms with van der Waals surface area (Å²) in [6, 6.07) is 0. The van der Waals surface area contributed by atoms with Crippen molar-refractivity contribution in [2.24, 2.45) is 5.92 Å². The summed E-state index contributed by atoms with van der Waals surface area (Å²) in [6.45, 7) is 2.21. The van der Waals surface area contributed by atoms with Gasteiger partial charge in [0.25, 0.3) is 0 Å². The fourth-order valence-corrected chi connectivity index (χ4v) is 1.80. The van der Waals surface area contributed by atoms with E-state index in [0.717, 1.165) is 6.42 Å². The lowest BCUT2D eigenvalue weighted by Crippen LogP contribution is -2.11. The quantitative estimate of drug-likeness (QED) is 0.471. The summed E-state index contributed by atoms with van der Waals surface area (Å²) in [4.78, 5) is 0. The molecule has 0 spiro atoms. The molecule has 0 aromatic carbocycles. The SMILES string of the molecule is CCCCCC[C@@H]1C[C@H]1B(O)O. The van der Waals surface area contributed by atoms with Crippen LogP contribution in [0.1, 0.15) is 45.4 Å². The summed E-state index contributed by atoms with van der Waals surface area (Å²) in [5.74, 6) is 0.813. The summed E-state index contributed by atoms with van der Waals surface area (Å²) in [5.41, 5.74) is 0. The molecule has 70 valence electrons. The topological polar surface area (TPSA) is 40.5 Å². The monoisotopic (exact) mass is 170 g/mol. The Bertz CT molecular complexity index is 128. The molecule has 1 saturated carbocycles. The van der Waals surface area contributed by atoms with Crippen LogP contribution < -0.4 is 0 Å². The molecule has 0 heterocycles. The molecule has 2 atom stereocenters. The van der Waals surface area contributed by atoms with E-state index in [2.05, 4.69) is 6.92 Å². The molecule has 0 bridgehead atoms. The second kappa shape index (κ2) is 4.88. The van der Waals surface area contributed by atoms with Crippen LogP contribution in [0.4, 0.5) is 0 Å². The Kier molecular flexibility index (Phi) is 4.09. The highest BCUT2D eigenvalue weighted by Gasteiger charge is 2.44. The fraction of sp³-hybridized carbons (Fsp3) is 1.00. The first-order valence-electron chi connectivity index (χ1n) is 5.11. The second-order valence-electron chi connectivity index (χ2n) is 3.92. The molecule has 12 heavy (non-hydrogen) atoms. The molecule has 0 radical (unpaired) electrons. The van der Waals surface area contributed by atoms with Crippen molar-refractivity contribution in [2.45, 2.75) is 51.3 Å². The molecule has 0 amide bonds. The van der Waals surface area contributed by atoms with Crippen molar-refractivity contribution in [1.29, 1.82) is 0 Å². The predicted molar refractivity (Wildman–Crippen MR) is 50.8 cm³/mol. The molecule has 0 aromatic rings. The molecule has 0 saturated heterocycles. The smallest absolute Gasteiger partial charge is 0.427 e. The van der Waals surface area contributed by atoms with Crippen molar-refractivity contribution in [1.82, 2.24) is 0 Å². The molecule has 0 unspecified atom stereocenters. The average Bonchev–Trinajstić information content (AvgIpc) is 2.77. The molecule has 3 heteroatoms. The normalized spacial score (nSPS) is 27.2. The third-order valence-electron chi connectivity index (χ3n) is 2.79. The fourth-order valence-electron chi connectivity index (χ4n) is 1.80. The first-order valence-corrected chi connectivity index (χ1v) is 5.11. The maximum absolute atomic E-state index is 8.82. The Balaban J connectivity index is 1.90. The van der Waals surface area contributed by atoms with Gasteiger partial charge in [-0.15, -0.1) is 0 Å². The summed E-state index contributed by atoms with van der Waals surface area (Å²) in [5, 5.41) is 17.6. The van der Waals surface area contributed by atoms with Crippen LogP contribution in [0.5, 0.6) is 0 Å². The van der Waals surface area contributed by atoms with Crippen molar-refractivity contribution < 1.29 is 10.0 Å². The molecule has 1 fully saturated rings. The van der Waals surface area contributed by atoms with Gasteiger partial charge in [-0.05, 0) is 18.2 Å². The van der Waals surface area contributed by atoms with Crippen LogP contribution in [-0.4, -0.2) is 17.2 Å². The number of hydrogen-bond acceptors (Lipinski definition) is 2. The highest BCUT2D eigenvalue weighted by molar-refractivity contribution is 6.44. The third kappa shape index (κ3) is 3.15. The van der Waals surface area contributed by atoms with Gasteiger partial charge in [-0.3, -0.25) is 0 Å². The molecule has 0 aromatic heterocycles. The molecular formula is C9H19BO2. The number of unbranched alkanes of at least 4 members (excludes halogenated alkanes) is 3. The van der Waals surface area contributed by atoms with Crippen molar-refractivity contribution >= 4 is 7.12 Å². The second-order valence-corrected chi connectivity index (χ2v) is 3.92. The van der Waals surface area contributed by atoms with Crippen molar-refractivity contribution in [3.05, 3.63) is 0 Å². The molecule has 2 nitrogen and oxygen atoms in total. The van der Waals surface area contributed by atoms with E-state index in [9.17, 15) is 0 Å². The predicted octanol–water partition coefficient (Wildman–Crippen LogP) is 1.82. The van der Waals surface area contributed by atoms with Gasteiger partial charge in [-0.1, -0.05) is 39.0 Å². The lowest BCUT2D eigenvalue weighted by molar-refractivity contribution is 0.398. The molecule has 2 N–H and O–H groups in total. The van der Waals surface area contributed by atoms with E-state index < -0.39 is 7.12 Å². The standard InChI is InChI=1S/C9H19BO2/c1-2-3-4-5-6-8-7-9(8)10(11)12/h8-9,11-12H,2-7H2,1H3/t8-,9-/m1/s1. The van der Waals surface area contributed by atoms with E-state index in [1.807, 2.05) is 0 Å². The molecule has 0 aliphatic heterocycles. The van der Waals surface area contributed by atoms with Crippen LogP contribution >= 0.6 is 0 Å². The van der Waals surface area contributed by atoms with Gasteiger partial charge < -0.3 is 10.0 Å². The van der Waals surface area contributed by atoms with Crippen LogP contribution in [0.3, 0.4) is 0 Å². The highest BCUT2D eigenvalue weighted by Crippen LogP contribution is 2.48. The Morgan fingerprint density at radius 1 is 1.25 bits per heavy atom. The van der Waals surface area contributed by atoms with Gasteiger partial charge in [-0.2, -0.15) is 0 Å². The molecular weight excluding hydrogens is 151 g/mol. The van der Waals surface area contributed by atoms with Crippen LogP contribution in [0.25, 0.3) is 0 Å². The van der Waals surface area contributed by atoms with Gasteiger partial charge in [0, 0.05) is 0 Å². The van der Waals surface area contributed by atoms with E-state index in [4.69, 9.17) is 10.0 Å². The van der Waals surface area contributed by atoms with E-state index in [1.165, 1.54) is 32.1 Å². The largest absolute Gasteiger partial charge is 0.455 e. The minimum Gasteiger partial charge on any atom is -0.427 e. The zero-order valence-corrected chi connectivity index (χ0v) is 7.87. The van der Waals surface area contributed by atoms with Crippen LogP contribution in [-0.2, 0) is 0 Å². The molecule has 1 aliphatic carbocycles. The minimum atomic E-state index is -1.05. The number of rotatable bonds is 6. The first kappa shape index (κ1) is 10.1. The van der Waals surface area contributed by atoms with Crippen LogP contribution in [0.2, 0.25) is 5.82 Å². The zero-order chi connectivity index (χ0) is 8.97. The summed E-state index contributed by atoms with van der Waals surface area (Å²) < 4.78 is 0. The average molecular weight is 170 g/mol. The van der Waals surface area contributed by atoms with Crippen molar-refractivity contribution in [2.75, 3.05) is 0 Å². The van der Waals surface area contributed by atoms with Gasteiger partial charge in [0.2, 0.25) is 0 Å². The number of hydrogen-bond donors (Lipinski definition) is 2. The van der Waals surface area contributed by atoms with Crippen molar-refractivity contribution in [3.8, 4) is 0 Å².